The van der Waals surface area contributed by atoms with Gasteiger partial charge in [0.1, 0.15) is 5.69 Å². The fourth-order valence-electron chi connectivity index (χ4n) is 1.65. The maximum absolute atomic E-state index is 12.2. The minimum atomic E-state index is -0.0703. The molecule has 5 heteroatoms. The first-order valence-corrected chi connectivity index (χ1v) is 6.09. The molecule has 0 bridgehead atoms. The summed E-state index contributed by atoms with van der Waals surface area (Å²) in [7, 11) is 1.73. The largest absolute Gasteiger partial charge is 0.396 e. The number of carbonyl (C=O) groups excluding carboxylic acids is 1. The Morgan fingerprint density at radius 3 is 2.76 bits per heavy atom. The Labute approximate surface area is 107 Å². The summed E-state index contributed by atoms with van der Waals surface area (Å²) in [5, 5.41) is 9.32. The molecule has 4 nitrogen and oxygen atoms in total. The number of aromatic nitrogens is 1. The van der Waals surface area contributed by atoms with Crippen molar-refractivity contribution in [3.8, 4) is 0 Å². The Morgan fingerprint density at radius 1 is 1.59 bits per heavy atom. The highest BCUT2D eigenvalue weighted by Crippen LogP contribution is 2.20. The van der Waals surface area contributed by atoms with E-state index in [-0.39, 0.29) is 18.6 Å². The fourth-order valence-corrected chi connectivity index (χ4v) is 1.86. The molecule has 17 heavy (non-hydrogen) atoms. The molecule has 0 aliphatic heterocycles. The Kier molecular flexibility index (Phi) is 5.02. The molecule has 1 aromatic heterocycles. The highest BCUT2D eigenvalue weighted by Gasteiger charge is 2.18. The summed E-state index contributed by atoms with van der Waals surface area (Å²) < 4.78 is 1.86. The van der Waals surface area contributed by atoms with E-state index in [0.29, 0.717) is 23.7 Å². The number of aliphatic hydroxyl groups is 1. The predicted molar refractivity (Wildman–Crippen MR) is 68.5 cm³/mol. The van der Waals surface area contributed by atoms with Gasteiger partial charge >= 0.3 is 0 Å². The molecule has 0 fully saturated rings. The zero-order valence-corrected chi connectivity index (χ0v) is 11.2. The van der Waals surface area contributed by atoms with E-state index >= 15 is 0 Å². The monoisotopic (exact) mass is 258 g/mol. The smallest absolute Gasteiger partial charge is 0.270 e. The van der Waals surface area contributed by atoms with E-state index in [4.69, 9.17) is 16.7 Å². The molecule has 0 radical (unpaired) electrons. The zero-order chi connectivity index (χ0) is 13.0. The Morgan fingerprint density at radius 2 is 2.24 bits per heavy atom. The number of rotatable bonds is 5. The third kappa shape index (κ3) is 3.48. The normalized spacial score (nSPS) is 10.9. The molecule has 0 spiro atoms. The molecule has 1 N–H and O–H groups in total. The van der Waals surface area contributed by atoms with Crippen molar-refractivity contribution in [3.05, 3.63) is 23.0 Å². The molecule has 0 atom stereocenters. The minimum absolute atomic E-state index is 0.0703. The quantitative estimate of drug-likeness (QED) is 0.880. The van der Waals surface area contributed by atoms with E-state index in [2.05, 4.69) is 0 Å². The minimum Gasteiger partial charge on any atom is -0.396 e. The van der Waals surface area contributed by atoms with Crippen molar-refractivity contribution in [3.63, 3.8) is 0 Å². The van der Waals surface area contributed by atoms with Crippen molar-refractivity contribution in [1.82, 2.24) is 9.47 Å². The molecule has 0 aliphatic rings. The fraction of sp³-hybridized carbons (Fsp3) is 0.583. The van der Waals surface area contributed by atoms with Crippen LogP contribution in [-0.2, 0) is 0 Å². The number of halogens is 1. The summed E-state index contributed by atoms with van der Waals surface area (Å²) in [6, 6.07) is 1.87. The van der Waals surface area contributed by atoms with Gasteiger partial charge in [-0.3, -0.25) is 4.79 Å². The lowest BCUT2D eigenvalue weighted by atomic mass is 10.3. The summed E-state index contributed by atoms with van der Waals surface area (Å²) >= 11 is 5.93. The van der Waals surface area contributed by atoms with Crippen LogP contribution in [0, 0.1) is 0 Å². The van der Waals surface area contributed by atoms with E-state index in [0.717, 1.165) is 0 Å². The van der Waals surface area contributed by atoms with Crippen LogP contribution in [0.5, 0.6) is 0 Å². The summed E-state index contributed by atoms with van der Waals surface area (Å²) in [5.41, 5.74) is 0.588. The van der Waals surface area contributed by atoms with Crippen molar-refractivity contribution >= 4 is 17.5 Å². The van der Waals surface area contributed by atoms with Gasteiger partial charge in [-0.1, -0.05) is 11.6 Å². The van der Waals surface area contributed by atoms with Crippen LogP contribution in [0.1, 0.15) is 36.8 Å². The van der Waals surface area contributed by atoms with Crippen molar-refractivity contribution in [2.24, 2.45) is 0 Å². The number of hydrogen-bond acceptors (Lipinski definition) is 2. The van der Waals surface area contributed by atoms with Crippen LogP contribution in [0.3, 0.4) is 0 Å². The lowest BCUT2D eigenvalue weighted by molar-refractivity contribution is 0.0774. The van der Waals surface area contributed by atoms with Gasteiger partial charge in [0.05, 0.1) is 5.02 Å². The molecule has 0 saturated carbocycles. The lowest BCUT2D eigenvalue weighted by Crippen LogP contribution is -2.30. The highest BCUT2D eigenvalue weighted by atomic mass is 35.5. The topological polar surface area (TPSA) is 45.5 Å². The van der Waals surface area contributed by atoms with Crippen LogP contribution in [0.4, 0.5) is 0 Å². The van der Waals surface area contributed by atoms with Crippen molar-refractivity contribution in [2.75, 3.05) is 20.2 Å². The van der Waals surface area contributed by atoms with E-state index < -0.39 is 0 Å². The van der Waals surface area contributed by atoms with Gasteiger partial charge < -0.3 is 14.6 Å². The van der Waals surface area contributed by atoms with E-state index in [1.165, 1.54) is 0 Å². The number of nitrogens with zero attached hydrogens (tertiary/aromatic N) is 2. The first kappa shape index (κ1) is 14.1. The third-order valence-corrected chi connectivity index (χ3v) is 2.80. The maximum atomic E-state index is 12.2. The number of amides is 1. The van der Waals surface area contributed by atoms with Crippen LogP contribution >= 0.6 is 11.6 Å². The van der Waals surface area contributed by atoms with Crippen molar-refractivity contribution in [1.29, 1.82) is 0 Å². The summed E-state index contributed by atoms with van der Waals surface area (Å²) in [4.78, 5) is 13.8. The predicted octanol–water partition coefficient (Wildman–Crippen LogP) is 2.18. The van der Waals surface area contributed by atoms with Gasteiger partial charge in [-0.05, 0) is 26.3 Å². The molecule has 1 heterocycles. The van der Waals surface area contributed by atoms with E-state index in [1.54, 1.807) is 24.2 Å². The molecule has 1 amide bonds. The van der Waals surface area contributed by atoms with E-state index in [9.17, 15) is 4.79 Å². The van der Waals surface area contributed by atoms with Crippen LogP contribution in [0.2, 0.25) is 5.02 Å². The van der Waals surface area contributed by atoms with Gasteiger partial charge in [-0.15, -0.1) is 0 Å². The zero-order valence-electron chi connectivity index (χ0n) is 10.5. The summed E-state index contributed by atoms with van der Waals surface area (Å²) in [5.74, 6) is -0.0703. The number of hydrogen-bond donors (Lipinski definition) is 1. The second-order valence-corrected chi connectivity index (χ2v) is 4.78. The molecule has 0 saturated heterocycles. The molecule has 0 unspecified atom stereocenters. The van der Waals surface area contributed by atoms with Crippen LogP contribution in [-0.4, -0.2) is 40.7 Å². The van der Waals surface area contributed by atoms with Gasteiger partial charge in [-0.25, -0.2) is 0 Å². The summed E-state index contributed by atoms with van der Waals surface area (Å²) in [6.45, 7) is 4.63. The number of carbonyl (C=O) groups is 1. The number of aliphatic hydroxyl groups excluding tert-OH is 1. The average molecular weight is 259 g/mol. The average Bonchev–Trinajstić information content (AvgIpc) is 2.67. The molecule has 1 rings (SSSR count). The molecular weight excluding hydrogens is 240 g/mol. The van der Waals surface area contributed by atoms with Crippen LogP contribution in [0.15, 0.2) is 12.3 Å². The van der Waals surface area contributed by atoms with Crippen LogP contribution < -0.4 is 0 Å². The molecule has 0 aliphatic carbocycles. The van der Waals surface area contributed by atoms with Gasteiger partial charge in [0.25, 0.3) is 5.91 Å². The lowest BCUT2D eigenvalue weighted by Gasteiger charge is -2.19. The SMILES string of the molecule is CC(C)n1cc(Cl)cc1C(=O)N(C)CCCO. The molecule has 1 aromatic rings. The Bertz CT molecular complexity index is 388. The standard InChI is InChI=1S/C12H19ClN2O2/c1-9(2)15-8-10(13)7-11(15)12(17)14(3)5-4-6-16/h7-9,16H,4-6H2,1-3H3. The molecule has 96 valence electrons. The first-order valence-electron chi connectivity index (χ1n) is 5.71. The van der Waals surface area contributed by atoms with Gasteiger partial charge in [0.15, 0.2) is 0 Å². The van der Waals surface area contributed by atoms with Gasteiger partial charge in [0, 0.05) is 32.4 Å². The van der Waals surface area contributed by atoms with Crippen molar-refractivity contribution in [2.45, 2.75) is 26.3 Å². The first-order chi connectivity index (χ1) is 7.97. The molecule has 0 aromatic carbocycles. The van der Waals surface area contributed by atoms with E-state index in [1.807, 2.05) is 18.4 Å². The second-order valence-electron chi connectivity index (χ2n) is 4.35. The molecular formula is C12H19ClN2O2. The third-order valence-electron chi connectivity index (χ3n) is 2.59. The van der Waals surface area contributed by atoms with Crippen LogP contribution in [0.25, 0.3) is 0 Å². The van der Waals surface area contributed by atoms with Gasteiger partial charge in [-0.2, -0.15) is 0 Å². The highest BCUT2D eigenvalue weighted by molar-refractivity contribution is 6.31. The Hall–Kier alpha value is -1.00. The Balaban J connectivity index is 2.87. The second kappa shape index (κ2) is 6.07. The summed E-state index contributed by atoms with van der Waals surface area (Å²) in [6.07, 6.45) is 2.34. The van der Waals surface area contributed by atoms with Gasteiger partial charge in [0.2, 0.25) is 0 Å². The maximum Gasteiger partial charge on any atom is 0.270 e. The van der Waals surface area contributed by atoms with Crippen molar-refractivity contribution < 1.29 is 9.90 Å².